The van der Waals surface area contributed by atoms with Gasteiger partial charge in [-0.1, -0.05) is 30.3 Å². The number of methoxy groups -OCH3 is 1. The average Bonchev–Trinajstić information content (AvgIpc) is 2.73. The number of halogens is 1. The van der Waals surface area contributed by atoms with Crippen molar-refractivity contribution in [1.29, 1.82) is 0 Å². The number of aryl methyl sites for hydroxylation is 1. The molecule has 2 aliphatic rings. The van der Waals surface area contributed by atoms with Crippen molar-refractivity contribution in [2.24, 2.45) is 5.92 Å². The molecule has 2 aromatic carbocycles. The third-order valence-corrected chi connectivity index (χ3v) is 6.04. The Morgan fingerprint density at radius 1 is 1.10 bits per heavy atom. The van der Waals surface area contributed by atoms with Crippen molar-refractivity contribution in [3.8, 4) is 5.75 Å². The third-order valence-electron chi connectivity index (χ3n) is 6.04. The first-order chi connectivity index (χ1) is 14.1. The van der Waals surface area contributed by atoms with Gasteiger partial charge in [0.1, 0.15) is 11.6 Å². The van der Waals surface area contributed by atoms with Gasteiger partial charge in [-0.3, -0.25) is 9.59 Å². The van der Waals surface area contributed by atoms with Crippen LogP contribution in [0.3, 0.4) is 0 Å². The maximum atomic E-state index is 13.9. The highest BCUT2D eigenvalue weighted by atomic mass is 19.1. The highest BCUT2D eigenvalue weighted by molar-refractivity contribution is 5.94. The zero-order chi connectivity index (χ0) is 20.4. The van der Waals surface area contributed by atoms with Gasteiger partial charge in [0, 0.05) is 38.0 Å². The number of likely N-dealkylation sites (tertiary alicyclic amines) is 2. The van der Waals surface area contributed by atoms with Crippen LogP contribution >= 0.6 is 0 Å². The van der Waals surface area contributed by atoms with Crippen LogP contribution in [0.4, 0.5) is 4.39 Å². The Morgan fingerprint density at radius 3 is 2.62 bits per heavy atom. The van der Waals surface area contributed by atoms with Crippen molar-refractivity contribution in [3.63, 3.8) is 0 Å². The molecule has 2 atom stereocenters. The molecule has 5 nitrogen and oxygen atoms in total. The normalized spacial score (nSPS) is 20.6. The van der Waals surface area contributed by atoms with Crippen molar-refractivity contribution < 1.29 is 18.7 Å². The van der Waals surface area contributed by atoms with Gasteiger partial charge < -0.3 is 14.5 Å². The van der Waals surface area contributed by atoms with Crippen molar-refractivity contribution in [2.45, 2.75) is 25.3 Å². The first-order valence-corrected chi connectivity index (χ1v) is 10.0. The minimum absolute atomic E-state index is 0.120. The van der Waals surface area contributed by atoms with E-state index in [1.54, 1.807) is 24.1 Å². The molecule has 2 aliphatic heterocycles. The van der Waals surface area contributed by atoms with E-state index in [0.29, 0.717) is 32.5 Å². The Hall–Kier alpha value is -2.89. The molecule has 0 unspecified atom stereocenters. The number of fused-ring (bicyclic) bond motifs is 1. The highest BCUT2D eigenvalue weighted by Gasteiger charge is 2.45. The summed E-state index contributed by atoms with van der Waals surface area (Å²) < 4.78 is 19.3. The summed E-state index contributed by atoms with van der Waals surface area (Å²) in [6.07, 6.45) is 1.83. The van der Waals surface area contributed by atoms with E-state index in [1.165, 1.54) is 12.1 Å². The molecule has 0 spiro atoms. The summed E-state index contributed by atoms with van der Waals surface area (Å²) in [7, 11) is 1.64. The van der Waals surface area contributed by atoms with Gasteiger partial charge in [0.15, 0.2) is 0 Å². The lowest BCUT2D eigenvalue weighted by atomic mass is 9.82. The van der Waals surface area contributed by atoms with E-state index >= 15 is 0 Å². The molecule has 2 fully saturated rings. The van der Waals surface area contributed by atoms with Crippen LogP contribution in [0.2, 0.25) is 0 Å². The zero-order valence-electron chi connectivity index (χ0n) is 16.5. The van der Waals surface area contributed by atoms with Crippen molar-refractivity contribution in [1.82, 2.24) is 9.80 Å². The number of amides is 2. The molecule has 0 aromatic heterocycles. The Labute approximate surface area is 170 Å². The summed E-state index contributed by atoms with van der Waals surface area (Å²) in [6, 6.07) is 14.0. The summed E-state index contributed by atoms with van der Waals surface area (Å²) in [5, 5.41) is 0. The molecule has 0 radical (unpaired) electrons. The van der Waals surface area contributed by atoms with Gasteiger partial charge in [-0.25, -0.2) is 4.39 Å². The van der Waals surface area contributed by atoms with E-state index in [2.05, 4.69) is 0 Å². The first-order valence-electron chi connectivity index (χ1n) is 10.0. The standard InChI is InChI=1S/C23H25FN2O3/c1-29-21-9-5-2-6-16(21)10-11-22(27)26-15-17-14-25(13-12-20(17)26)23(28)18-7-3-4-8-19(18)24/h2-9,17,20H,10-15H2,1H3/t17-,20-/m0/s1. The number of para-hydroxylation sites is 1. The van der Waals surface area contributed by atoms with Gasteiger partial charge in [0.2, 0.25) is 5.91 Å². The average molecular weight is 396 g/mol. The Kier molecular flexibility index (Phi) is 5.51. The zero-order valence-corrected chi connectivity index (χ0v) is 16.5. The molecule has 152 valence electrons. The van der Waals surface area contributed by atoms with Crippen LogP contribution in [-0.4, -0.2) is 54.4 Å². The number of rotatable bonds is 5. The molecule has 2 saturated heterocycles. The molecular weight excluding hydrogens is 371 g/mol. The highest BCUT2D eigenvalue weighted by Crippen LogP contribution is 2.34. The molecule has 6 heteroatoms. The summed E-state index contributed by atoms with van der Waals surface area (Å²) in [6.45, 7) is 1.79. The van der Waals surface area contributed by atoms with E-state index in [1.807, 2.05) is 29.2 Å². The van der Waals surface area contributed by atoms with Gasteiger partial charge in [-0.15, -0.1) is 0 Å². The van der Waals surface area contributed by atoms with Gasteiger partial charge >= 0.3 is 0 Å². The molecule has 2 amide bonds. The fourth-order valence-corrected chi connectivity index (χ4v) is 4.43. The number of carbonyl (C=O) groups excluding carboxylic acids is 2. The minimum atomic E-state index is -0.485. The van der Waals surface area contributed by atoms with Crippen LogP contribution in [-0.2, 0) is 11.2 Å². The van der Waals surface area contributed by atoms with E-state index < -0.39 is 5.82 Å². The van der Waals surface area contributed by atoms with E-state index in [0.717, 1.165) is 17.7 Å². The summed E-state index contributed by atoms with van der Waals surface area (Å²) >= 11 is 0. The molecule has 0 saturated carbocycles. The van der Waals surface area contributed by atoms with Crippen LogP contribution in [0.5, 0.6) is 5.75 Å². The lowest BCUT2D eigenvalue weighted by molar-refractivity contribution is -0.147. The largest absolute Gasteiger partial charge is 0.496 e. The molecule has 2 aromatic rings. The maximum absolute atomic E-state index is 13.9. The molecule has 29 heavy (non-hydrogen) atoms. The van der Waals surface area contributed by atoms with Crippen molar-refractivity contribution in [3.05, 3.63) is 65.5 Å². The molecule has 2 heterocycles. The molecular formula is C23H25FN2O3. The lowest BCUT2D eigenvalue weighted by Crippen LogP contribution is -2.65. The molecule has 0 N–H and O–H groups in total. The quantitative estimate of drug-likeness (QED) is 0.780. The van der Waals surface area contributed by atoms with Gasteiger partial charge in [-0.05, 0) is 36.6 Å². The van der Waals surface area contributed by atoms with E-state index in [4.69, 9.17) is 4.74 Å². The Morgan fingerprint density at radius 2 is 1.86 bits per heavy atom. The number of nitrogens with zero attached hydrogens (tertiary/aromatic N) is 2. The van der Waals surface area contributed by atoms with E-state index in [9.17, 15) is 14.0 Å². The molecule has 0 aliphatic carbocycles. The number of piperidine rings is 1. The topological polar surface area (TPSA) is 49.9 Å². The number of ether oxygens (including phenoxy) is 1. The Balaban J connectivity index is 1.31. The van der Waals surface area contributed by atoms with Crippen LogP contribution in [0.1, 0.15) is 28.8 Å². The summed E-state index contributed by atoms with van der Waals surface area (Å²) in [4.78, 5) is 29.0. The summed E-state index contributed by atoms with van der Waals surface area (Å²) in [5.74, 6) is 0.478. The maximum Gasteiger partial charge on any atom is 0.256 e. The second kappa shape index (κ2) is 8.23. The monoisotopic (exact) mass is 396 g/mol. The second-order valence-corrected chi connectivity index (χ2v) is 7.71. The van der Waals surface area contributed by atoms with Crippen molar-refractivity contribution in [2.75, 3.05) is 26.7 Å². The minimum Gasteiger partial charge on any atom is -0.496 e. The van der Waals surface area contributed by atoms with Crippen LogP contribution in [0.15, 0.2) is 48.5 Å². The smallest absolute Gasteiger partial charge is 0.256 e. The predicted molar refractivity (Wildman–Crippen MR) is 107 cm³/mol. The summed E-state index contributed by atoms with van der Waals surface area (Å²) in [5.41, 5.74) is 1.15. The SMILES string of the molecule is COc1ccccc1CCC(=O)N1C[C@@H]2CN(C(=O)c3ccccc3F)CC[C@@H]21. The third kappa shape index (κ3) is 3.84. The first kappa shape index (κ1) is 19.4. The van der Waals surface area contributed by atoms with Crippen LogP contribution in [0, 0.1) is 11.7 Å². The second-order valence-electron chi connectivity index (χ2n) is 7.71. The van der Waals surface area contributed by atoms with Crippen LogP contribution < -0.4 is 4.74 Å². The van der Waals surface area contributed by atoms with Gasteiger partial charge in [-0.2, -0.15) is 0 Å². The predicted octanol–water partition coefficient (Wildman–Crippen LogP) is 3.14. The fourth-order valence-electron chi connectivity index (χ4n) is 4.43. The Bertz CT molecular complexity index is 917. The van der Waals surface area contributed by atoms with Crippen LogP contribution in [0.25, 0.3) is 0 Å². The molecule has 4 rings (SSSR count). The van der Waals surface area contributed by atoms with Gasteiger partial charge in [0.25, 0.3) is 5.91 Å². The number of carbonyl (C=O) groups is 2. The number of hydrogen-bond donors (Lipinski definition) is 0. The number of benzene rings is 2. The molecule has 0 bridgehead atoms. The van der Waals surface area contributed by atoms with Gasteiger partial charge in [0.05, 0.1) is 12.7 Å². The van der Waals surface area contributed by atoms with Crippen molar-refractivity contribution >= 4 is 11.8 Å². The fraction of sp³-hybridized carbons (Fsp3) is 0.391. The number of hydrogen-bond acceptors (Lipinski definition) is 3. The lowest BCUT2D eigenvalue weighted by Gasteiger charge is -2.53. The van der Waals surface area contributed by atoms with E-state index in [-0.39, 0.29) is 29.3 Å².